The number of nitrogens with two attached hydrogens (primary N) is 1. The molecule has 1 aliphatic heterocycles. The van der Waals surface area contributed by atoms with E-state index in [0.717, 1.165) is 18.9 Å². The molecule has 1 fully saturated rings. The molecule has 2 N–H and O–H groups in total. The van der Waals surface area contributed by atoms with E-state index < -0.39 is 0 Å². The lowest BCUT2D eigenvalue weighted by Crippen LogP contribution is -2.38. The van der Waals surface area contributed by atoms with Crippen LogP contribution >= 0.6 is 0 Å². The lowest BCUT2D eigenvalue weighted by Gasteiger charge is -2.39. The third-order valence-corrected chi connectivity index (χ3v) is 4.22. The SMILES string of the molecule is CCC1(C)CCN(c2ccc(N)c(OC)n2)CC1. The molecular weight excluding hydrogens is 226 g/mol. The highest BCUT2D eigenvalue weighted by molar-refractivity contribution is 5.54. The average molecular weight is 249 g/mol. The normalized spacial score (nSPS) is 18.7. The van der Waals surface area contributed by atoms with E-state index in [1.165, 1.54) is 19.3 Å². The zero-order chi connectivity index (χ0) is 13.2. The molecule has 0 spiro atoms. The van der Waals surface area contributed by atoms with E-state index in [0.29, 0.717) is 17.0 Å². The molecule has 1 saturated heterocycles. The zero-order valence-corrected chi connectivity index (χ0v) is 11.6. The molecular formula is C14H23N3O. The quantitative estimate of drug-likeness (QED) is 0.895. The van der Waals surface area contributed by atoms with Crippen molar-refractivity contribution in [1.82, 2.24) is 4.98 Å². The Balaban J connectivity index is 2.10. The standard InChI is InChI=1S/C14H23N3O/c1-4-14(2)7-9-17(10-8-14)12-6-5-11(15)13(16-12)18-3/h5-6H,4,7-10,15H2,1-3H3. The van der Waals surface area contributed by atoms with Gasteiger partial charge in [-0.2, -0.15) is 4.98 Å². The first-order valence-electron chi connectivity index (χ1n) is 6.63. The van der Waals surface area contributed by atoms with Crippen LogP contribution in [0.1, 0.15) is 33.1 Å². The summed E-state index contributed by atoms with van der Waals surface area (Å²) in [5.74, 6) is 1.50. The second-order valence-corrected chi connectivity index (χ2v) is 5.42. The Labute approximate surface area is 109 Å². The average Bonchev–Trinajstić information content (AvgIpc) is 2.40. The summed E-state index contributed by atoms with van der Waals surface area (Å²) in [5, 5.41) is 0. The predicted octanol–water partition coefficient (Wildman–Crippen LogP) is 2.69. The molecule has 4 heteroatoms. The van der Waals surface area contributed by atoms with Crippen molar-refractivity contribution in [3.8, 4) is 5.88 Å². The number of aromatic nitrogens is 1. The van der Waals surface area contributed by atoms with E-state index in [4.69, 9.17) is 10.5 Å². The van der Waals surface area contributed by atoms with Gasteiger partial charge in [-0.05, 0) is 30.4 Å². The molecule has 2 rings (SSSR count). The number of nitrogens with zero attached hydrogens (tertiary/aromatic N) is 2. The van der Waals surface area contributed by atoms with Crippen LogP contribution in [0.4, 0.5) is 11.5 Å². The smallest absolute Gasteiger partial charge is 0.238 e. The van der Waals surface area contributed by atoms with Gasteiger partial charge in [0.2, 0.25) is 5.88 Å². The molecule has 2 heterocycles. The van der Waals surface area contributed by atoms with Crippen LogP contribution in [0.15, 0.2) is 12.1 Å². The minimum atomic E-state index is 0.494. The Morgan fingerprint density at radius 3 is 2.61 bits per heavy atom. The zero-order valence-electron chi connectivity index (χ0n) is 11.6. The van der Waals surface area contributed by atoms with Crippen molar-refractivity contribution in [3.63, 3.8) is 0 Å². The van der Waals surface area contributed by atoms with Crippen LogP contribution in [0, 0.1) is 5.41 Å². The molecule has 0 aliphatic carbocycles. The number of rotatable bonds is 3. The highest BCUT2D eigenvalue weighted by Crippen LogP contribution is 2.35. The van der Waals surface area contributed by atoms with E-state index in [1.54, 1.807) is 7.11 Å². The molecule has 100 valence electrons. The number of anilines is 2. The van der Waals surface area contributed by atoms with Gasteiger partial charge < -0.3 is 15.4 Å². The summed E-state index contributed by atoms with van der Waals surface area (Å²) in [4.78, 5) is 6.79. The third-order valence-electron chi connectivity index (χ3n) is 4.22. The molecule has 1 aromatic rings. The van der Waals surface area contributed by atoms with Gasteiger partial charge in [-0.3, -0.25) is 0 Å². The van der Waals surface area contributed by atoms with E-state index >= 15 is 0 Å². The highest BCUT2D eigenvalue weighted by Gasteiger charge is 2.28. The number of ether oxygens (including phenoxy) is 1. The van der Waals surface area contributed by atoms with Gasteiger partial charge in [-0.1, -0.05) is 20.3 Å². The van der Waals surface area contributed by atoms with E-state index in [1.807, 2.05) is 12.1 Å². The first-order chi connectivity index (χ1) is 8.58. The van der Waals surface area contributed by atoms with Gasteiger partial charge in [-0.25, -0.2) is 0 Å². The Hall–Kier alpha value is -1.45. The Morgan fingerprint density at radius 2 is 2.06 bits per heavy atom. The molecule has 0 radical (unpaired) electrons. The molecule has 0 unspecified atom stereocenters. The van der Waals surface area contributed by atoms with Crippen LogP contribution < -0.4 is 15.4 Å². The van der Waals surface area contributed by atoms with Crippen LogP contribution in [-0.4, -0.2) is 25.2 Å². The van der Waals surface area contributed by atoms with E-state index in [2.05, 4.69) is 23.7 Å². The molecule has 0 atom stereocenters. The number of hydrogen-bond donors (Lipinski definition) is 1. The molecule has 0 aromatic carbocycles. The molecule has 0 bridgehead atoms. The monoisotopic (exact) mass is 249 g/mol. The second kappa shape index (κ2) is 5.04. The van der Waals surface area contributed by atoms with Gasteiger partial charge in [0.25, 0.3) is 0 Å². The van der Waals surface area contributed by atoms with Crippen molar-refractivity contribution in [1.29, 1.82) is 0 Å². The minimum Gasteiger partial charge on any atom is -0.479 e. The van der Waals surface area contributed by atoms with Crippen LogP contribution in [0.2, 0.25) is 0 Å². The lowest BCUT2D eigenvalue weighted by molar-refractivity contribution is 0.237. The van der Waals surface area contributed by atoms with Gasteiger partial charge in [0, 0.05) is 13.1 Å². The second-order valence-electron chi connectivity index (χ2n) is 5.42. The summed E-state index contributed by atoms with van der Waals surface area (Å²) in [6, 6.07) is 3.85. The van der Waals surface area contributed by atoms with Crippen molar-refractivity contribution in [2.24, 2.45) is 5.41 Å². The number of piperidine rings is 1. The molecule has 1 aliphatic rings. The van der Waals surface area contributed by atoms with Crippen LogP contribution in [-0.2, 0) is 0 Å². The molecule has 4 nitrogen and oxygen atoms in total. The Bertz CT molecular complexity index is 412. The molecule has 0 saturated carbocycles. The first kappa shape index (κ1) is 13.0. The van der Waals surface area contributed by atoms with Gasteiger partial charge >= 0.3 is 0 Å². The number of hydrogen-bond acceptors (Lipinski definition) is 4. The maximum absolute atomic E-state index is 5.79. The first-order valence-corrected chi connectivity index (χ1v) is 6.63. The fourth-order valence-electron chi connectivity index (χ4n) is 2.41. The predicted molar refractivity (Wildman–Crippen MR) is 75.0 cm³/mol. The van der Waals surface area contributed by atoms with Crippen molar-refractivity contribution in [3.05, 3.63) is 12.1 Å². The number of pyridine rings is 1. The fourth-order valence-corrected chi connectivity index (χ4v) is 2.41. The summed E-state index contributed by atoms with van der Waals surface area (Å²) >= 11 is 0. The van der Waals surface area contributed by atoms with E-state index in [9.17, 15) is 0 Å². The van der Waals surface area contributed by atoms with E-state index in [-0.39, 0.29) is 0 Å². The van der Waals surface area contributed by atoms with Gasteiger partial charge in [0.05, 0.1) is 12.8 Å². The Morgan fingerprint density at radius 1 is 1.39 bits per heavy atom. The van der Waals surface area contributed by atoms with Crippen LogP contribution in [0.25, 0.3) is 0 Å². The van der Waals surface area contributed by atoms with Crippen molar-refractivity contribution >= 4 is 11.5 Å². The van der Waals surface area contributed by atoms with Crippen molar-refractivity contribution < 1.29 is 4.74 Å². The number of methoxy groups -OCH3 is 1. The maximum atomic E-state index is 5.79. The summed E-state index contributed by atoms with van der Waals surface area (Å²) in [7, 11) is 1.60. The Kier molecular flexibility index (Phi) is 3.64. The lowest BCUT2D eigenvalue weighted by atomic mass is 9.78. The summed E-state index contributed by atoms with van der Waals surface area (Å²) in [6.45, 7) is 6.77. The molecule has 0 amide bonds. The van der Waals surface area contributed by atoms with Gasteiger partial charge in [0.1, 0.15) is 5.82 Å². The topological polar surface area (TPSA) is 51.4 Å². The molecule has 1 aromatic heterocycles. The van der Waals surface area contributed by atoms with Crippen molar-refractivity contribution in [2.75, 3.05) is 30.8 Å². The molecule has 18 heavy (non-hydrogen) atoms. The van der Waals surface area contributed by atoms with Crippen LogP contribution in [0.3, 0.4) is 0 Å². The summed E-state index contributed by atoms with van der Waals surface area (Å²) in [6.07, 6.45) is 3.69. The minimum absolute atomic E-state index is 0.494. The third kappa shape index (κ3) is 2.52. The highest BCUT2D eigenvalue weighted by atomic mass is 16.5. The van der Waals surface area contributed by atoms with Crippen LogP contribution in [0.5, 0.6) is 5.88 Å². The summed E-state index contributed by atoms with van der Waals surface area (Å²) in [5.41, 5.74) is 6.88. The van der Waals surface area contributed by atoms with Crippen molar-refractivity contribution in [2.45, 2.75) is 33.1 Å². The fraction of sp³-hybridized carbons (Fsp3) is 0.643. The summed E-state index contributed by atoms with van der Waals surface area (Å²) < 4.78 is 5.18. The largest absolute Gasteiger partial charge is 0.479 e. The van der Waals surface area contributed by atoms with Gasteiger partial charge in [-0.15, -0.1) is 0 Å². The van der Waals surface area contributed by atoms with Gasteiger partial charge in [0.15, 0.2) is 0 Å². The number of nitrogen functional groups attached to an aromatic ring is 1. The maximum Gasteiger partial charge on any atom is 0.238 e.